The standard InChI is InChI=1S/C15H24N2OS/c1-4-13-7-8-15(19-13)14(18)11-17-9-5-6-12(10-17)16(2)3/h7-8,12H,4-6,9-11H2,1-3H3. The zero-order chi connectivity index (χ0) is 13.8. The van der Waals surface area contributed by atoms with Crippen LogP contribution in [0.2, 0.25) is 0 Å². The molecule has 1 aromatic rings. The van der Waals surface area contributed by atoms with Gasteiger partial charge in [0, 0.05) is 17.5 Å². The molecule has 3 nitrogen and oxygen atoms in total. The maximum atomic E-state index is 12.3. The van der Waals surface area contributed by atoms with Crippen molar-refractivity contribution in [1.82, 2.24) is 9.80 Å². The summed E-state index contributed by atoms with van der Waals surface area (Å²) in [6.07, 6.45) is 3.46. The van der Waals surface area contributed by atoms with E-state index in [4.69, 9.17) is 0 Å². The van der Waals surface area contributed by atoms with E-state index in [0.29, 0.717) is 12.6 Å². The van der Waals surface area contributed by atoms with Crippen molar-refractivity contribution in [2.75, 3.05) is 33.7 Å². The average Bonchev–Trinajstić information content (AvgIpc) is 2.88. The molecule has 0 aromatic carbocycles. The highest BCUT2D eigenvalue weighted by molar-refractivity contribution is 7.14. The smallest absolute Gasteiger partial charge is 0.186 e. The van der Waals surface area contributed by atoms with Crippen molar-refractivity contribution in [3.05, 3.63) is 21.9 Å². The highest BCUT2D eigenvalue weighted by Gasteiger charge is 2.23. The molecule has 2 heterocycles. The third-order valence-electron chi connectivity index (χ3n) is 3.86. The predicted molar refractivity (Wildman–Crippen MR) is 81.2 cm³/mol. The minimum absolute atomic E-state index is 0.282. The van der Waals surface area contributed by atoms with Crippen LogP contribution in [0.4, 0.5) is 0 Å². The number of nitrogens with zero attached hydrogens (tertiary/aromatic N) is 2. The highest BCUT2D eigenvalue weighted by atomic mass is 32.1. The fourth-order valence-electron chi connectivity index (χ4n) is 2.60. The molecule has 4 heteroatoms. The lowest BCUT2D eigenvalue weighted by atomic mass is 10.0. The molecule has 1 saturated heterocycles. The van der Waals surface area contributed by atoms with Crippen LogP contribution in [0.1, 0.15) is 34.3 Å². The zero-order valence-corrected chi connectivity index (χ0v) is 13.0. The zero-order valence-electron chi connectivity index (χ0n) is 12.2. The second-order valence-electron chi connectivity index (χ2n) is 5.54. The summed E-state index contributed by atoms with van der Waals surface area (Å²) in [6, 6.07) is 4.66. The van der Waals surface area contributed by atoms with Crippen molar-refractivity contribution in [3.8, 4) is 0 Å². The van der Waals surface area contributed by atoms with Crippen molar-refractivity contribution in [2.45, 2.75) is 32.2 Å². The van der Waals surface area contributed by atoms with E-state index < -0.39 is 0 Å². The van der Waals surface area contributed by atoms with Crippen LogP contribution in [0.15, 0.2) is 12.1 Å². The van der Waals surface area contributed by atoms with E-state index in [0.717, 1.165) is 24.4 Å². The first-order valence-electron chi connectivity index (χ1n) is 7.11. The number of hydrogen-bond donors (Lipinski definition) is 0. The Hall–Kier alpha value is -0.710. The SMILES string of the molecule is CCc1ccc(C(=O)CN2CCCC(N(C)C)C2)s1. The molecule has 0 aliphatic carbocycles. The van der Waals surface area contributed by atoms with Gasteiger partial charge >= 0.3 is 0 Å². The number of carbonyl (C=O) groups excluding carboxylic acids is 1. The van der Waals surface area contributed by atoms with Crippen LogP contribution < -0.4 is 0 Å². The van der Waals surface area contributed by atoms with Gasteiger partial charge in [-0.05, 0) is 52.0 Å². The summed E-state index contributed by atoms with van der Waals surface area (Å²) < 4.78 is 0. The quantitative estimate of drug-likeness (QED) is 0.774. The maximum Gasteiger partial charge on any atom is 0.186 e. The van der Waals surface area contributed by atoms with Crippen LogP contribution in [-0.4, -0.2) is 55.4 Å². The average molecular weight is 280 g/mol. The van der Waals surface area contributed by atoms with Crippen LogP contribution in [0.3, 0.4) is 0 Å². The topological polar surface area (TPSA) is 23.6 Å². The summed E-state index contributed by atoms with van der Waals surface area (Å²) in [6.45, 7) is 4.78. The van der Waals surface area contributed by atoms with E-state index in [-0.39, 0.29) is 5.78 Å². The van der Waals surface area contributed by atoms with E-state index in [9.17, 15) is 4.79 Å². The van der Waals surface area contributed by atoms with Crippen LogP contribution >= 0.6 is 11.3 Å². The van der Waals surface area contributed by atoms with Gasteiger partial charge in [0.15, 0.2) is 5.78 Å². The largest absolute Gasteiger partial charge is 0.305 e. The lowest BCUT2D eigenvalue weighted by Gasteiger charge is -2.35. The third kappa shape index (κ3) is 3.88. The number of Topliss-reactive ketones (excluding diaryl/α,β-unsaturated/α-hetero) is 1. The molecular formula is C15H24N2OS. The summed E-state index contributed by atoms with van der Waals surface area (Å²) in [5, 5.41) is 0. The molecule has 0 bridgehead atoms. The summed E-state index contributed by atoms with van der Waals surface area (Å²) in [7, 11) is 4.26. The second kappa shape index (κ2) is 6.64. The minimum atomic E-state index is 0.282. The Labute approximate surface area is 120 Å². The number of hydrogen-bond acceptors (Lipinski definition) is 4. The Kier molecular flexibility index (Phi) is 5.13. The van der Waals surface area contributed by atoms with Gasteiger partial charge in [0.05, 0.1) is 11.4 Å². The molecule has 1 aliphatic heterocycles. The second-order valence-corrected chi connectivity index (χ2v) is 6.71. The molecule has 2 rings (SSSR count). The van der Waals surface area contributed by atoms with E-state index in [1.54, 1.807) is 11.3 Å². The van der Waals surface area contributed by atoms with Gasteiger partial charge in [0.2, 0.25) is 0 Å². The Morgan fingerprint density at radius 3 is 2.89 bits per heavy atom. The first-order valence-corrected chi connectivity index (χ1v) is 7.92. The lowest BCUT2D eigenvalue weighted by Crippen LogP contribution is -2.46. The summed E-state index contributed by atoms with van der Waals surface area (Å²) in [4.78, 5) is 19.1. The Balaban J connectivity index is 1.91. The number of aryl methyl sites for hydroxylation is 1. The number of ketones is 1. The molecule has 1 unspecified atom stereocenters. The van der Waals surface area contributed by atoms with Crippen molar-refractivity contribution in [3.63, 3.8) is 0 Å². The van der Waals surface area contributed by atoms with E-state index in [2.05, 4.69) is 36.9 Å². The molecule has 0 spiro atoms. The third-order valence-corrected chi connectivity index (χ3v) is 5.13. The van der Waals surface area contributed by atoms with E-state index >= 15 is 0 Å². The fourth-order valence-corrected chi connectivity index (χ4v) is 3.47. The van der Waals surface area contributed by atoms with Gasteiger partial charge in [-0.3, -0.25) is 9.69 Å². The summed E-state index contributed by atoms with van der Waals surface area (Å²) in [5.74, 6) is 0.282. The van der Waals surface area contributed by atoms with E-state index in [1.807, 2.05) is 6.07 Å². The van der Waals surface area contributed by atoms with Crippen LogP contribution in [0.5, 0.6) is 0 Å². The van der Waals surface area contributed by atoms with Crippen LogP contribution in [-0.2, 0) is 6.42 Å². The molecule has 1 atom stereocenters. The molecular weight excluding hydrogens is 256 g/mol. The molecule has 1 fully saturated rings. The predicted octanol–water partition coefficient (Wildman–Crippen LogP) is 2.52. The molecule has 0 saturated carbocycles. The molecule has 0 amide bonds. The molecule has 0 N–H and O–H groups in total. The number of thiophene rings is 1. The number of carbonyl (C=O) groups is 1. The lowest BCUT2D eigenvalue weighted by molar-refractivity contribution is 0.0856. The number of likely N-dealkylation sites (tertiary alicyclic amines) is 1. The molecule has 1 aliphatic rings. The summed E-state index contributed by atoms with van der Waals surface area (Å²) >= 11 is 1.65. The summed E-state index contributed by atoms with van der Waals surface area (Å²) in [5.41, 5.74) is 0. The Morgan fingerprint density at radius 2 is 2.26 bits per heavy atom. The van der Waals surface area contributed by atoms with Crippen molar-refractivity contribution in [2.24, 2.45) is 0 Å². The van der Waals surface area contributed by atoms with Gasteiger partial charge in [0.1, 0.15) is 0 Å². The molecule has 1 aromatic heterocycles. The maximum absolute atomic E-state index is 12.3. The van der Waals surface area contributed by atoms with Crippen molar-refractivity contribution < 1.29 is 4.79 Å². The van der Waals surface area contributed by atoms with Gasteiger partial charge in [-0.15, -0.1) is 11.3 Å². The number of likely N-dealkylation sites (N-methyl/N-ethyl adjacent to an activating group) is 1. The van der Waals surface area contributed by atoms with Crippen LogP contribution in [0.25, 0.3) is 0 Å². The van der Waals surface area contributed by atoms with Crippen molar-refractivity contribution >= 4 is 17.1 Å². The van der Waals surface area contributed by atoms with E-state index in [1.165, 1.54) is 17.7 Å². The van der Waals surface area contributed by atoms with Gasteiger partial charge in [-0.2, -0.15) is 0 Å². The molecule has 19 heavy (non-hydrogen) atoms. The number of rotatable bonds is 5. The Bertz CT molecular complexity index is 428. The van der Waals surface area contributed by atoms with Gasteiger partial charge in [0.25, 0.3) is 0 Å². The Morgan fingerprint density at radius 1 is 1.47 bits per heavy atom. The van der Waals surface area contributed by atoms with Gasteiger partial charge in [-0.1, -0.05) is 6.92 Å². The number of piperidine rings is 1. The van der Waals surface area contributed by atoms with Gasteiger partial charge in [-0.25, -0.2) is 0 Å². The minimum Gasteiger partial charge on any atom is -0.305 e. The highest BCUT2D eigenvalue weighted by Crippen LogP contribution is 2.19. The first-order chi connectivity index (χ1) is 9.10. The normalized spacial score (nSPS) is 20.9. The first kappa shape index (κ1) is 14.7. The molecule has 106 valence electrons. The monoisotopic (exact) mass is 280 g/mol. The molecule has 0 radical (unpaired) electrons. The fraction of sp³-hybridized carbons (Fsp3) is 0.667. The van der Waals surface area contributed by atoms with Gasteiger partial charge < -0.3 is 4.90 Å². The van der Waals surface area contributed by atoms with Crippen LogP contribution in [0, 0.1) is 0 Å². The van der Waals surface area contributed by atoms with Crippen molar-refractivity contribution in [1.29, 1.82) is 0 Å².